The van der Waals surface area contributed by atoms with Crippen LogP contribution in [0.1, 0.15) is 0 Å². The van der Waals surface area contributed by atoms with E-state index in [-0.39, 0.29) is 0 Å². The van der Waals surface area contributed by atoms with Crippen LogP contribution in [0.25, 0.3) is 93.2 Å². The number of hydrogen-bond acceptors (Lipinski definition) is 1. The van der Waals surface area contributed by atoms with Gasteiger partial charge in [0.1, 0.15) is 5.58 Å². The van der Waals surface area contributed by atoms with Crippen LogP contribution < -0.4 is 0 Å². The maximum Gasteiger partial charge on any atom is 0.160 e. The summed E-state index contributed by atoms with van der Waals surface area (Å²) in [6.45, 7) is 0. The fraction of sp³-hybridized carbons (Fsp3) is 0. The number of fused-ring (bicyclic) bond motifs is 14. The molecule has 0 amide bonds. The van der Waals surface area contributed by atoms with Gasteiger partial charge in [0.25, 0.3) is 0 Å². The van der Waals surface area contributed by atoms with Gasteiger partial charge in [0.15, 0.2) is 5.58 Å². The summed E-state index contributed by atoms with van der Waals surface area (Å²) in [7, 11) is 0. The lowest BCUT2D eigenvalue weighted by atomic mass is 9.96. The van der Waals surface area contributed by atoms with Gasteiger partial charge in [-0.3, -0.25) is 0 Å². The molecule has 0 saturated carbocycles. The molecule has 0 unspecified atom stereocenters. The van der Waals surface area contributed by atoms with Crippen molar-refractivity contribution in [3.63, 3.8) is 0 Å². The number of para-hydroxylation sites is 2. The Hall–Kier alpha value is -5.34. The smallest absolute Gasteiger partial charge is 0.160 e. The Morgan fingerprint density at radius 2 is 1.02 bits per heavy atom. The Morgan fingerprint density at radius 1 is 0.400 bits per heavy atom. The molecule has 0 spiro atoms. The largest absolute Gasteiger partial charge is 0.454 e. The van der Waals surface area contributed by atoms with Gasteiger partial charge in [0.05, 0.1) is 11.0 Å². The average Bonchev–Trinajstić information content (AvgIpc) is 3.68. The third-order valence-corrected chi connectivity index (χ3v) is 8.88. The summed E-state index contributed by atoms with van der Waals surface area (Å²) in [5, 5.41) is 9.93. The monoisotopic (exact) mass is 507 g/mol. The predicted octanol–water partition coefficient (Wildman–Crippen LogP) is 10.6. The number of hydrogen-bond donors (Lipinski definition) is 0. The molecule has 2 heteroatoms. The van der Waals surface area contributed by atoms with Crippen molar-refractivity contribution < 1.29 is 4.42 Å². The summed E-state index contributed by atoms with van der Waals surface area (Å²) in [5.41, 5.74) is 10.6. The van der Waals surface area contributed by atoms with Gasteiger partial charge in [-0.05, 0) is 62.7 Å². The second-order valence-corrected chi connectivity index (χ2v) is 10.8. The lowest BCUT2D eigenvalue weighted by molar-refractivity contribution is 0.671. The Morgan fingerprint density at radius 3 is 1.85 bits per heavy atom. The standard InChI is InChI=1S/C38H21NO/c1-2-11-22(12-3-1)39-36-29-19-10-18-25-23-13-4-5-14-24(23)30(33(25)29)21-31(36)34-26-15-6-7-16-27(26)35-28-17-8-9-20-32(28)40-38(35)37(34)39/h1-21H. The van der Waals surface area contributed by atoms with E-state index < -0.39 is 0 Å². The van der Waals surface area contributed by atoms with E-state index in [9.17, 15) is 0 Å². The van der Waals surface area contributed by atoms with Gasteiger partial charge in [0, 0.05) is 32.6 Å². The van der Waals surface area contributed by atoms with Crippen LogP contribution in [-0.2, 0) is 0 Å². The molecule has 2 heterocycles. The van der Waals surface area contributed by atoms with Crippen LogP contribution in [-0.4, -0.2) is 4.57 Å². The van der Waals surface area contributed by atoms with Gasteiger partial charge >= 0.3 is 0 Å². The maximum atomic E-state index is 6.78. The molecule has 1 aliphatic rings. The summed E-state index contributed by atoms with van der Waals surface area (Å²) in [5.74, 6) is 0. The second-order valence-electron chi connectivity index (χ2n) is 10.8. The van der Waals surface area contributed by atoms with Crippen LogP contribution >= 0.6 is 0 Å². The molecule has 0 fully saturated rings. The molecule has 0 aliphatic heterocycles. The van der Waals surface area contributed by atoms with Crippen LogP contribution in [0.4, 0.5) is 0 Å². The summed E-state index contributed by atoms with van der Waals surface area (Å²) in [4.78, 5) is 0. The number of benzene rings is 7. The molecule has 9 aromatic rings. The van der Waals surface area contributed by atoms with Crippen LogP contribution in [0.3, 0.4) is 0 Å². The number of furan rings is 1. The highest BCUT2D eigenvalue weighted by Crippen LogP contribution is 2.53. The normalized spacial score (nSPS) is 12.5. The lowest BCUT2D eigenvalue weighted by Gasteiger charge is -2.11. The minimum absolute atomic E-state index is 0.919. The fourth-order valence-electron chi connectivity index (χ4n) is 7.36. The molecular formula is C38H21NO. The van der Waals surface area contributed by atoms with E-state index in [1.165, 1.54) is 65.5 Å². The van der Waals surface area contributed by atoms with E-state index in [0.717, 1.165) is 27.8 Å². The van der Waals surface area contributed by atoms with Gasteiger partial charge < -0.3 is 8.98 Å². The van der Waals surface area contributed by atoms with E-state index in [2.05, 4.69) is 132 Å². The van der Waals surface area contributed by atoms with E-state index in [1.54, 1.807) is 0 Å². The van der Waals surface area contributed by atoms with Crippen molar-refractivity contribution >= 4 is 65.3 Å². The second kappa shape index (κ2) is 7.19. The maximum absolute atomic E-state index is 6.78. The van der Waals surface area contributed by atoms with Crippen molar-refractivity contribution in [3.05, 3.63) is 127 Å². The first-order valence-electron chi connectivity index (χ1n) is 13.8. The van der Waals surface area contributed by atoms with Gasteiger partial charge in [-0.2, -0.15) is 0 Å². The average molecular weight is 508 g/mol. The molecule has 184 valence electrons. The Labute approximate surface area is 229 Å². The molecule has 2 aromatic heterocycles. The zero-order valence-corrected chi connectivity index (χ0v) is 21.5. The van der Waals surface area contributed by atoms with Gasteiger partial charge in [-0.15, -0.1) is 0 Å². The number of nitrogens with zero attached hydrogens (tertiary/aromatic N) is 1. The first kappa shape index (κ1) is 20.6. The van der Waals surface area contributed by atoms with Crippen molar-refractivity contribution in [1.82, 2.24) is 4.57 Å². The van der Waals surface area contributed by atoms with Gasteiger partial charge in [-0.25, -0.2) is 0 Å². The van der Waals surface area contributed by atoms with Crippen molar-refractivity contribution in [2.45, 2.75) is 0 Å². The molecule has 10 rings (SSSR count). The van der Waals surface area contributed by atoms with E-state index in [0.29, 0.717) is 0 Å². The highest BCUT2D eigenvalue weighted by Gasteiger charge is 2.28. The lowest BCUT2D eigenvalue weighted by Crippen LogP contribution is -1.95. The van der Waals surface area contributed by atoms with Crippen molar-refractivity contribution in [1.29, 1.82) is 0 Å². The molecule has 7 aromatic carbocycles. The van der Waals surface area contributed by atoms with Crippen molar-refractivity contribution in [2.24, 2.45) is 0 Å². The van der Waals surface area contributed by atoms with Crippen molar-refractivity contribution in [2.75, 3.05) is 0 Å². The van der Waals surface area contributed by atoms with Gasteiger partial charge in [-0.1, -0.05) is 103 Å². The zero-order chi connectivity index (χ0) is 25.9. The molecule has 0 atom stereocenters. The van der Waals surface area contributed by atoms with Crippen LogP contribution in [0.15, 0.2) is 132 Å². The third kappa shape index (κ3) is 2.36. The molecule has 1 aliphatic carbocycles. The topological polar surface area (TPSA) is 18.1 Å². The molecule has 2 nitrogen and oxygen atoms in total. The summed E-state index contributed by atoms with van der Waals surface area (Å²) < 4.78 is 9.23. The van der Waals surface area contributed by atoms with Crippen LogP contribution in [0.5, 0.6) is 0 Å². The van der Waals surface area contributed by atoms with Crippen molar-refractivity contribution in [3.8, 4) is 27.9 Å². The molecule has 40 heavy (non-hydrogen) atoms. The van der Waals surface area contributed by atoms with Crippen LogP contribution in [0, 0.1) is 0 Å². The molecular weight excluding hydrogens is 486 g/mol. The summed E-state index contributed by atoms with van der Waals surface area (Å²) in [6.07, 6.45) is 0. The SMILES string of the molecule is c1ccc(-n2c3c4cccc5c4c(cc3c3c4ccccc4c4c6ccccc6oc4c32)-c2ccccc2-5)cc1. The predicted molar refractivity (Wildman–Crippen MR) is 168 cm³/mol. The minimum Gasteiger partial charge on any atom is -0.454 e. The fourth-order valence-corrected chi connectivity index (χ4v) is 7.36. The minimum atomic E-state index is 0.919. The quantitative estimate of drug-likeness (QED) is 0.216. The first-order valence-corrected chi connectivity index (χ1v) is 13.8. The van der Waals surface area contributed by atoms with E-state index in [4.69, 9.17) is 4.42 Å². The third-order valence-electron chi connectivity index (χ3n) is 8.88. The molecule has 0 N–H and O–H groups in total. The first-order chi connectivity index (χ1) is 19.9. The highest BCUT2D eigenvalue weighted by atomic mass is 16.3. The Kier molecular flexibility index (Phi) is 3.70. The molecule has 0 bridgehead atoms. The van der Waals surface area contributed by atoms with E-state index in [1.807, 2.05) is 0 Å². The Balaban J connectivity index is 1.57. The summed E-state index contributed by atoms with van der Waals surface area (Å²) in [6, 6.07) is 46.1. The van der Waals surface area contributed by atoms with E-state index >= 15 is 0 Å². The Bertz CT molecular complexity index is 2530. The molecule has 0 radical (unpaired) electrons. The number of aromatic nitrogens is 1. The number of rotatable bonds is 1. The highest BCUT2D eigenvalue weighted by molar-refractivity contribution is 6.38. The van der Waals surface area contributed by atoms with Crippen LogP contribution in [0.2, 0.25) is 0 Å². The summed E-state index contributed by atoms with van der Waals surface area (Å²) >= 11 is 0. The zero-order valence-electron chi connectivity index (χ0n) is 21.5. The van der Waals surface area contributed by atoms with Gasteiger partial charge in [0.2, 0.25) is 0 Å². The molecule has 0 saturated heterocycles.